The largest absolute Gasteiger partial charge is 0.348 e. The van der Waals surface area contributed by atoms with Crippen LogP contribution in [-0.2, 0) is 16.0 Å². The Morgan fingerprint density at radius 1 is 0.885 bits per heavy atom. The summed E-state index contributed by atoms with van der Waals surface area (Å²) in [5, 5.41) is 5.76. The van der Waals surface area contributed by atoms with E-state index in [-0.39, 0.29) is 36.2 Å². The summed E-state index contributed by atoms with van der Waals surface area (Å²) >= 11 is 0. The van der Waals surface area contributed by atoms with Gasteiger partial charge in [-0.2, -0.15) is 0 Å². The first kappa shape index (κ1) is 19.7. The molecule has 0 bridgehead atoms. The Morgan fingerprint density at radius 3 is 2.04 bits per heavy atom. The van der Waals surface area contributed by atoms with Crippen LogP contribution >= 0.6 is 0 Å². The van der Waals surface area contributed by atoms with Gasteiger partial charge in [0.1, 0.15) is 0 Å². The predicted octanol–water partition coefficient (Wildman–Crippen LogP) is 3.64. The lowest BCUT2D eigenvalue weighted by molar-refractivity contribution is -0.126. The van der Waals surface area contributed by atoms with Crippen molar-refractivity contribution in [3.63, 3.8) is 0 Å². The molecule has 0 radical (unpaired) electrons. The van der Waals surface area contributed by atoms with Crippen LogP contribution in [0.15, 0.2) is 60.7 Å². The van der Waals surface area contributed by atoms with Gasteiger partial charge in [-0.15, -0.1) is 0 Å². The van der Waals surface area contributed by atoms with E-state index in [1.54, 1.807) is 0 Å². The van der Waals surface area contributed by atoms with Crippen LogP contribution in [0.4, 0.5) is 0 Å². The average Bonchev–Trinajstić information content (AvgIpc) is 2.60. The van der Waals surface area contributed by atoms with Gasteiger partial charge in [0.15, 0.2) is 0 Å². The molecule has 0 aliphatic carbocycles. The molecule has 4 heteroatoms. The second-order valence-corrected chi connectivity index (χ2v) is 7.73. The van der Waals surface area contributed by atoms with E-state index < -0.39 is 0 Å². The van der Waals surface area contributed by atoms with Crippen molar-refractivity contribution in [2.24, 2.45) is 5.41 Å². The number of hydrogen-bond acceptors (Lipinski definition) is 2. The zero-order chi connectivity index (χ0) is 19.0. The number of rotatable bonds is 7. The fraction of sp³-hybridized carbons (Fsp3) is 0.364. The van der Waals surface area contributed by atoms with E-state index in [0.29, 0.717) is 0 Å². The number of carbonyl (C=O) groups is 2. The number of amides is 2. The van der Waals surface area contributed by atoms with E-state index in [0.717, 1.165) is 17.5 Å². The first-order valence-electron chi connectivity index (χ1n) is 8.98. The molecule has 2 aromatic rings. The van der Waals surface area contributed by atoms with E-state index >= 15 is 0 Å². The van der Waals surface area contributed by atoms with Gasteiger partial charge in [0.25, 0.3) is 0 Å². The predicted molar refractivity (Wildman–Crippen MR) is 105 cm³/mol. The van der Waals surface area contributed by atoms with Gasteiger partial charge in [-0.05, 0) is 23.0 Å². The molecule has 0 saturated heterocycles. The number of benzene rings is 2. The lowest BCUT2D eigenvalue weighted by Crippen LogP contribution is -2.40. The molecule has 0 aliphatic heterocycles. The summed E-state index contributed by atoms with van der Waals surface area (Å²) in [6.07, 6.45) is 1.10. The molecule has 138 valence electrons. The molecule has 0 aromatic heterocycles. The molecule has 26 heavy (non-hydrogen) atoms. The van der Waals surface area contributed by atoms with Crippen LogP contribution in [0.2, 0.25) is 0 Å². The van der Waals surface area contributed by atoms with Crippen LogP contribution in [0.3, 0.4) is 0 Å². The zero-order valence-electron chi connectivity index (χ0n) is 15.8. The Kier molecular flexibility index (Phi) is 6.96. The van der Waals surface area contributed by atoms with Gasteiger partial charge in [0, 0.05) is 0 Å². The Hall–Kier alpha value is -2.62. The third-order valence-corrected chi connectivity index (χ3v) is 4.01. The third kappa shape index (κ3) is 7.09. The molecule has 0 unspecified atom stereocenters. The zero-order valence-corrected chi connectivity index (χ0v) is 15.8. The second-order valence-electron chi connectivity index (χ2n) is 7.73. The van der Waals surface area contributed by atoms with Gasteiger partial charge in [-0.25, -0.2) is 0 Å². The van der Waals surface area contributed by atoms with Crippen molar-refractivity contribution in [1.82, 2.24) is 10.6 Å². The van der Waals surface area contributed by atoms with Crippen molar-refractivity contribution in [1.29, 1.82) is 0 Å². The summed E-state index contributed by atoms with van der Waals surface area (Å²) in [6, 6.07) is 19.4. The van der Waals surface area contributed by atoms with Gasteiger partial charge >= 0.3 is 0 Å². The second kappa shape index (κ2) is 9.18. The maximum absolute atomic E-state index is 12.3. The highest BCUT2D eigenvalue weighted by molar-refractivity contribution is 5.85. The van der Waals surface area contributed by atoms with E-state index in [1.807, 2.05) is 60.7 Å². The minimum Gasteiger partial charge on any atom is -0.348 e. The van der Waals surface area contributed by atoms with Crippen LogP contribution in [0.25, 0.3) is 0 Å². The topological polar surface area (TPSA) is 58.2 Å². The molecule has 0 fully saturated rings. The van der Waals surface area contributed by atoms with Crippen molar-refractivity contribution in [3.8, 4) is 0 Å². The SMILES string of the molecule is CC(C)(C)C[C@H](NC(=O)CNC(=O)Cc1ccccc1)c1ccccc1. The molecule has 2 rings (SSSR count). The molecule has 1 atom stereocenters. The lowest BCUT2D eigenvalue weighted by Gasteiger charge is -2.27. The number of carbonyl (C=O) groups excluding carboxylic acids is 2. The molecule has 2 amide bonds. The Balaban J connectivity index is 1.89. The average molecular weight is 352 g/mol. The fourth-order valence-electron chi connectivity index (χ4n) is 2.82. The van der Waals surface area contributed by atoms with E-state index in [4.69, 9.17) is 0 Å². The van der Waals surface area contributed by atoms with Gasteiger partial charge in [-0.3, -0.25) is 9.59 Å². The molecule has 0 spiro atoms. The van der Waals surface area contributed by atoms with E-state index in [2.05, 4.69) is 31.4 Å². The fourth-order valence-corrected chi connectivity index (χ4v) is 2.82. The van der Waals surface area contributed by atoms with Crippen molar-refractivity contribution in [3.05, 3.63) is 71.8 Å². The molecule has 0 aliphatic rings. The van der Waals surface area contributed by atoms with Gasteiger partial charge in [-0.1, -0.05) is 81.4 Å². The van der Waals surface area contributed by atoms with Crippen molar-refractivity contribution in [2.45, 2.75) is 39.7 Å². The standard InChI is InChI=1S/C22H28N2O2/c1-22(2,3)15-19(18-12-8-5-9-13-18)24-21(26)16-23-20(25)14-17-10-6-4-7-11-17/h4-13,19H,14-16H2,1-3H3,(H,23,25)(H,24,26)/t19-/m0/s1. The lowest BCUT2D eigenvalue weighted by atomic mass is 9.85. The molecule has 0 heterocycles. The minimum absolute atomic E-state index is 0.0147. The summed E-state index contributed by atoms with van der Waals surface area (Å²) in [4.78, 5) is 24.4. The first-order valence-corrected chi connectivity index (χ1v) is 8.98. The Morgan fingerprint density at radius 2 is 1.46 bits per heavy atom. The quantitative estimate of drug-likeness (QED) is 0.799. The number of hydrogen-bond donors (Lipinski definition) is 2. The van der Waals surface area contributed by atoms with Crippen LogP contribution in [0, 0.1) is 5.41 Å². The summed E-state index contributed by atoms with van der Waals surface area (Å²) in [5.74, 6) is -0.331. The highest BCUT2D eigenvalue weighted by Crippen LogP contribution is 2.29. The summed E-state index contributed by atoms with van der Waals surface area (Å²) in [5.41, 5.74) is 2.08. The van der Waals surface area contributed by atoms with Crippen molar-refractivity contribution in [2.75, 3.05) is 6.54 Å². The highest BCUT2D eigenvalue weighted by atomic mass is 16.2. The molecular weight excluding hydrogens is 324 g/mol. The smallest absolute Gasteiger partial charge is 0.239 e. The summed E-state index contributed by atoms with van der Waals surface area (Å²) < 4.78 is 0. The van der Waals surface area contributed by atoms with Gasteiger partial charge < -0.3 is 10.6 Å². The summed E-state index contributed by atoms with van der Waals surface area (Å²) in [6.45, 7) is 6.43. The number of nitrogens with one attached hydrogen (secondary N) is 2. The van der Waals surface area contributed by atoms with Crippen molar-refractivity contribution < 1.29 is 9.59 Å². The monoisotopic (exact) mass is 352 g/mol. The maximum Gasteiger partial charge on any atom is 0.239 e. The van der Waals surface area contributed by atoms with Crippen LogP contribution < -0.4 is 10.6 Å². The summed E-state index contributed by atoms with van der Waals surface area (Å²) in [7, 11) is 0. The molecule has 4 nitrogen and oxygen atoms in total. The van der Waals surface area contributed by atoms with Crippen molar-refractivity contribution >= 4 is 11.8 Å². The van der Waals surface area contributed by atoms with E-state index in [9.17, 15) is 9.59 Å². The van der Waals surface area contributed by atoms with Crippen LogP contribution in [0.5, 0.6) is 0 Å². The maximum atomic E-state index is 12.3. The normalized spacial score (nSPS) is 12.3. The Bertz CT molecular complexity index is 706. The van der Waals surface area contributed by atoms with E-state index in [1.165, 1.54) is 0 Å². The third-order valence-electron chi connectivity index (χ3n) is 4.01. The molecule has 2 N–H and O–H groups in total. The van der Waals surface area contributed by atoms with Crippen LogP contribution in [-0.4, -0.2) is 18.4 Å². The van der Waals surface area contributed by atoms with Gasteiger partial charge in [0.2, 0.25) is 11.8 Å². The Labute approximate surface area is 156 Å². The molecule has 2 aromatic carbocycles. The first-order chi connectivity index (χ1) is 12.3. The van der Waals surface area contributed by atoms with Crippen LogP contribution in [0.1, 0.15) is 44.4 Å². The van der Waals surface area contributed by atoms with Gasteiger partial charge in [0.05, 0.1) is 19.0 Å². The minimum atomic E-state index is -0.176. The highest BCUT2D eigenvalue weighted by Gasteiger charge is 2.22. The molecular formula is C22H28N2O2. The molecule has 0 saturated carbocycles.